The molecule has 0 unspecified atom stereocenters. The fourth-order valence-electron chi connectivity index (χ4n) is 2.57. The minimum Gasteiger partial charge on any atom is -0.506 e. The van der Waals surface area contributed by atoms with Crippen LogP contribution in [-0.4, -0.2) is 23.1 Å². The first kappa shape index (κ1) is 13.9. The van der Waals surface area contributed by atoms with E-state index in [1.807, 2.05) is 18.2 Å². The number of hydrogen-bond donors (Lipinski definition) is 1. The molecular formula is C15H22BrNO. The summed E-state index contributed by atoms with van der Waals surface area (Å²) in [4.78, 5) is 2.45. The van der Waals surface area contributed by atoms with Crippen LogP contribution in [0.1, 0.15) is 38.7 Å². The summed E-state index contributed by atoms with van der Waals surface area (Å²) in [6, 6.07) is 5.88. The van der Waals surface area contributed by atoms with E-state index in [2.05, 4.69) is 34.7 Å². The zero-order valence-corrected chi connectivity index (χ0v) is 12.8. The minimum atomic E-state index is 0.390. The molecule has 0 saturated carbocycles. The molecule has 0 spiro atoms. The van der Waals surface area contributed by atoms with Gasteiger partial charge in [0.05, 0.1) is 4.47 Å². The van der Waals surface area contributed by atoms with E-state index in [1.54, 1.807) is 0 Å². The second kappa shape index (κ2) is 5.62. The van der Waals surface area contributed by atoms with Gasteiger partial charge in [-0.15, -0.1) is 0 Å². The first-order valence-corrected chi connectivity index (χ1v) is 7.46. The summed E-state index contributed by atoms with van der Waals surface area (Å²) in [5.74, 6) is 0.390. The molecule has 1 N–H and O–H groups in total. The molecule has 18 heavy (non-hydrogen) atoms. The van der Waals surface area contributed by atoms with E-state index < -0.39 is 0 Å². The number of phenolic OH excluding ortho intramolecular Hbond substituents is 1. The molecule has 0 aromatic heterocycles. The predicted molar refractivity (Wildman–Crippen MR) is 78.7 cm³/mol. The standard InChI is InChI=1S/C15H22BrNO/c1-15(2)7-4-9-17(10-8-15)11-12-5-3-6-13(16)14(12)18/h3,5-6,18H,4,7-11H2,1-2H3. The van der Waals surface area contributed by atoms with Crippen molar-refractivity contribution in [3.8, 4) is 5.75 Å². The molecule has 1 aromatic rings. The smallest absolute Gasteiger partial charge is 0.134 e. The molecule has 2 rings (SSSR count). The van der Waals surface area contributed by atoms with Crippen LogP contribution in [0.4, 0.5) is 0 Å². The van der Waals surface area contributed by atoms with Gasteiger partial charge in [-0.25, -0.2) is 0 Å². The Morgan fingerprint density at radius 1 is 1.28 bits per heavy atom. The number of benzene rings is 1. The zero-order valence-electron chi connectivity index (χ0n) is 11.2. The van der Waals surface area contributed by atoms with Gasteiger partial charge in [-0.1, -0.05) is 26.0 Å². The minimum absolute atomic E-state index is 0.390. The van der Waals surface area contributed by atoms with Crippen molar-refractivity contribution in [3.63, 3.8) is 0 Å². The lowest BCUT2D eigenvalue weighted by atomic mass is 9.85. The highest BCUT2D eigenvalue weighted by Gasteiger charge is 2.23. The highest BCUT2D eigenvalue weighted by atomic mass is 79.9. The third-order valence-corrected chi connectivity index (χ3v) is 4.54. The summed E-state index contributed by atoms with van der Waals surface area (Å²) in [7, 11) is 0. The average Bonchev–Trinajstić information content (AvgIpc) is 2.47. The number of rotatable bonds is 2. The van der Waals surface area contributed by atoms with Gasteiger partial charge < -0.3 is 5.11 Å². The molecule has 1 aliphatic heterocycles. The molecule has 1 saturated heterocycles. The second-order valence-corrected chi connectivity index (χ2v) is 6.90. The summed E-state index contributed by atoms with van der Waals surface area (Å²) >= 11 is 3.38. The summed E-state index contributed by atoms with van der Waals surface area (Å²) in [5.41, 5.74) is 1.48. The van der Waals surface area contributed by atoms with Crippen LogP contribution < -0.4 is 0 Å². The first-order chi connectivity index (χ1) is 8.48. The van der Waals surface area contributed by atoms with Crippen LogP contribution in [0.15, 0.2) is 22.7 Å². The quantitative estimate of drug-likeness (QED) is 0.886. The lowest BCUT2D eigenvalue weighted by Gasteiger charge is -2.23. The van der Waals surface area contributed by atoms with E-state index >= 15 is 0 Å². The molecule has 0 aliphatic carbocycles. The summed E-state index contributed by atoms with van der Waals surface area (Å²) < 4.78 is 0.787. The van der Waals surface area contributed by atoms with Gasteiger partial charge in [-0.2, -0.15) is 0 Å². The zero-order chi connectivity index (χ0) is 13.2. The highest BCUT2D eigenvalue weighted by Crippen LogP contribution is 2.32. The molecule has 1 fully saturated rings. The molecule has 1 heterocycles. The fourth-order valence-corrected chi connectivity index (χ4v) is 2.97. The molecular weight excluding hydrogens is 290 g/mol. The second-order valence-electron chi connectivity index (χ2n) is 6.04. The number of likely N-dealkylation sites (tertiary alicyclic amines) is 1. The van der Waals surface area contributed by atoms with Crippen molar-refractivity contribution in [1.29, 1.82) is 0 Å². The van der Waals surface area contributed by atoms with Crippen LogP contribution in [0.25, 0.3) is 0 Å². The molecule has 0 atom stereocenters. The van der Waals surface area contributed by atoms with Crippen molar-refractivity contribution in [2.45, 2.75) is 39.7 Å². The van der Waals surface area contributed by atoms with Crippen molar-refractivity contribution in [2.24, 2.45) is 5.41 Å². The number of halogens is 1. The van der Waals surface area contributed by atoms with E-state index in [9.17, 15) is 5.11 Å². The van der Waals surface area contributed by atoms with Gasteiger partial charge >= 0.3 is 0 Å². The van der Waals surface area contributed by atoms with Gasteiger partial charge in [0, 0.05) is 12.1 Å². The number of aromatic hydroxyl groups is 1. The van der Waals surface area contributed by atoms with Crippen molar-refractivity contribution in [2.75, 3.05) is 13.1 Å². The van der Waals surface area contributed by atoms with Gasteiger partial charge in [0.15, 0.2) is 0 Å². The molecule has 0 amide bonds. The van der Waals surface area contributed by atoms with Gasteiger partial charge in [-0.05, 0) is 59.8 Å². The lowest BCUT2D eigenvalue weighted by molar-refractivity contribution is 0.253. The van der Waals surface area contributed by atoms with Gasteiger partial charge in [0.25, 0.3) is 0 Å². The van der Waals surface area contributed by atoms with Crippen LogP contribution in [0, 0.1) is 5.41 Å². The van der Waals surface area contributed by atoms with E-state index in [0.29, 0.717) is 11.2 Å². The average molecular weight is 312 g/mol. The van der Waals surface area contributed by atoms with Crippen LogP contribution >= 0.6 is 15.9 Å². The van der Waals surface area contributed by atoms with Gasteiger partial charge in [-0.3, -0.25) is 4.90 Å². The predicted octanol–water partition coefficient (Wildman–Crippen LogP) is 4.17. The number of para-hydroxylation sites is 1. The number of hydrogen-bond acceptors (Lipinski definition) is 2. The van der Waals surface area contributed by atoms with Crippen LogP contribution in [0.3, 0.4) is 0 Å². The maximum atomic E-state index is 10.0. The fraction of sp³-hybridized carbons (Fsp3) is 0.600. The summed E-state index contributed by atoms with van der Waals surface area (Å²) in [5, 5.41) is 10.0. The Bertz CT molecular complexity index is 417. The number of phenols is 1. The number of nitrogens with zero attached hydrogens (tertiary/aromatic N) is 1. The van der Waals surface area contributed by atoms with E-state index in [4.69, 9.17) is 0 Å². The van der Waals surface area contributed by atoms with Crippen molar-refractivity contribution in [3.05, 3.63) is 28.2 Å². The molecule has 2 nitrogen and oxygen atoms in total. The SMILES string of the molecule is CC1(C)CCCN(Cc2cccc(Br)c2O)CC1. The highest BCUT2D eigenvalue weighted by molar-refractivity contribution is 9.10. The van der Waals surface area contributed by atoms with Gasteiger partial charge in [0.1, 0.15) is 5.75 Å². The van der Waals surface area contributed by atoms with Gasteiger partial charge in [0.2, 0.25) is 0 Å². The third-order valence-electron chi connectivity index (χ3n) is 3.90. The van der Waals surface area contributed by atoms with Crippen molar-refractivity contribution >= 4 is 15.9 Å². The Morgan fingerprint density at radius 3 is 2.83 bits per heavy atom. The van der Waals surface area contributed by atoms with E-state index in [0.717, 1.165) is 29.7 Å². The Kier molecular flexibility index (Phi) is 4.33. The Hall–Kier alpha value is -0.540. The van der Waals surface area contributed by atoms with E-state index in [-0.39, 0.29) is 0 Å². The molecule has 1 aliphatic rings. The monoisotopic (exact) mass is 311 g/mol. The Labute approximate surface area is 118 Å². The summed E-state index contributed by atoms with van der Waals surface area (Å²) in [6.45, 7) is 7.82. The topological polar surface area (TPSA) is 23.5 Å². The van der Waals surface area contributed by atoms with Crippen molar-refractivity contribution in [1.82, 2.24) is 4.90 Å². The normalized spacial score (nSPS) is 20.6. The van der Waals surface area contributed by atoms with Crippen LogP contribution in [0.2, 0.25) is 0 Å². The molecule has 1 aromatic carbocycles. The maximum Gasteiger partial charge on any atom is 0.134 e. The Balaban J connectivity index is 2.03. The molecule has 0 radical (unpaired) electrons. The van der Waals surface area contributed by atoms with Crippen molar-refractivity contribution < 1.29 is 5.11 Å². The lowest BCUT2D eigenvalue weighted by Crippen LogP contribution is -2.25. The first-order valence-electron chi connectivity index (χ1n) is 6.67. The van der Waals surface area contributed by atoms with Crippen LogP contribution in [0.5, 0.6) is 5.75 Å². The maximum absolute atomic E-state index is 10.0. The third kappa shape index (κ3) is 3.48. The van der Waals surface area contributed by atoms with E-state index in [1.165, 1.54) is 19.3 Å². The summed E-state index contributed by atoms with van der Waals surface area (Å²) in [6.07, 6.45) is 3.79. The molecule has 100 valence electrons. The molecule has 0 bridgehead atoms. The Morgan fingerprint density at radius 2 is 2.06 bits per heavy atom. The van der Waals surface area contributed by atoms with Crippen LogP contribution in [-0.2, 0) is 6.54 Å². The largest absolute Gasteiger partial charge is 0.506 e. The molecule has 3 heteroatoms.